The van der Waals surface area contributed by atoms with Crippen LogP contribution in [0.2, 0.25) is 0 Å². The number of hydrogen-bond donors (Lipinski definition) is 1. The number of nitrogens with one attached hydrogen (secondary N) is 1. The summed E-state index contributed by atoms with van der Waals surface area (Å²) in [6.45, 7) is 6.65. The van der Waals surface area contributed by atoms with Crippen molar-refractivity contribution in [2.45, 2.75) is 38.6 Å². The number of amides is 2. The fraction of sp³-hybridized carbons (Fsp3) is 0.846. The van der Waals surface area contributed by atoms with Gasteiger partial charge >= 0.3 is 0 Å². The van der Waals surface area contributed by atoms with Gasteiger partial charge in [-0.25, -0.2) is 0 Å². The molecule has 1 unspecified atom stereocenters. The molecule has 0 aromatic carbocycles. The van der Waals surface area contributed by atoms with Gasteiger partial charge in [0, 0.05) is 19.6 Å². The van der Waals surface area contributed by atoms with Crippen LogP contribution in [-0.4, -0.2) is 60.4 Å². The second-order valence-corrected chi connectivity index (χ2v) is 5.14. The standard InChI is InChI=1S/C13H23N3O2/c1-2-6-16-12(17)10-11(13(16)18)14-5-9-15-7-3-4-8-15/h11,14H,2-10H2,1H3. The lowest BCUT2D eigenvalue weighted by Crippen LogP contribution is -2.41. The molecule has 2 saturated heterocycles. The molecule has 102 valence electrons. The van der Waals surface area contributed by atoms with Gasteiger partial charge in [-0.05, 0) is 32.4 Å². The Bertz CT molecular complexity index is 313. The number of imide groups is 1. The third-order valence-corrected chi connectivity index (χ3v) is 3.71. The molecule has 1 atom stereocenters. The number of hydrogen-bond acceptors (Lipinski definition) is 4. The molecule has 2 aliphatic rings. The molecule has 5 nitrogen and oxygen atoms in total. The van der Waals surface area contributed by atoms with E-state index in [2.05, 4.69) is 10.2 Å². The Morgan fingerprint density at radius 1 is 1.22 bits per heavy atom. The fourth-order valence-electron chi connectivity index (χ4n) is 2.70. The van der Waals surface area contributed by atoms with Crippen LogP contribution in [0.1, 0.15) is 32.6 Å². The molecule has 5 heteroatoms. The van der Waals surface area contributed by atoms with E-state index in [0.29, 0.717) is 13.0 Å². The zero-order valence-electron chi connectivity index (χ0n) is 11.2. The monoisotopic (exact) mass is 253 g/mol. The van der Waals surface area contributed by atoms with Crippen LogP contribution >= 0.6 is 0 Å². The van der Waals surface area contributed by atoms with Gasteiger partial charge < -0.3 is 10.2 Å². The topological polar surface area (TPSA) is 52.7 Å². The maximum Gasteiger partial charge on any atom is 0.246 e. The minimum absolute atomic E-state index is 0.0273. The van der Waals surface area contributed by atoms with Gasteiger partial charge in [-0.1, -0.05) is 6.92 Å². The molecule has 1 N–H and O–H groups in total. The number of likely N-dealkylation sites (tertiary alicyclic amines) is 2. The summed E-state index contributed by atoms with van der Waals surface area (Å²) in [6, 6.07) is -0.286. The highest BCUT2D eigenvalue weighted by molar-refractivity contribution is 6.05. The summed E-state index contributed by atoms with van der Waals surface area (Å²) in [5.41, 5.74) is 0. The quantitative estimate of drug-likeness (QED) is 0.688. The number of nitrogens with zero attached hydrogens (tertiary/aromatic N) is 2. The molecule has 0 radical (unpaired) electrons. The van der Waals surface area contributed by atoms with Crippen LogP contribution in [0.5, 0.6) is 0 Å². The molecule has 0 aliphatic carbocycles. The van der Waals surface area contributed by atoms with Crippen LogP contribution < -0.4 is 5.32 Å². The van der Waals surface area contributed by atoms with Crippen LogP contribution in [-0.2, 0) is 9.59 Å². The Morgan fingerprint density at radius 2 is 1.94 bits per heavy atom. The maximum absolute atomic E-state index is 12.0. The lowest BCUT2D eigenvalue weighted by Gasteiger charge is -2.17. The van der Waals surface area contributed by atoms with E-state index >= 15 is 0 Å². The van der Waals surface area contributed by atoms with Crippen LogP contribution in [0.4, 0.5) is 0 Å². The molecule has 0 saturated carbocycles. The van der Waals surface area contributed by atoms with E-state index in [9.17, 15) is 9.59 Å². The molecule has 2 amide bonds. The van der Waals surface area contributed by atoms with Gasteiger partial charge in [0.25, 0.3) is 0 Å². The van der Waals surface area contributed by atoms with E-state index in [1.54, 1.807) is 0 Å². The zero-order valence-corrected chi connectivity index (χ0v) is 11.2. The van der Waals surface area contributed by atoms with Crippen molar-refractivity contribution in [2.75, 3.05) is 32.7 Å². The molecule has 2 fully saturated rings. The van der Waals surface area contributed by atoms with Crippen LogP contribution in [0.25, 0.3) is 0 Å². The Morgan fingerprint density at radius 3 is 2.61 bits per heavy atom. The van der Waals surface area contributed by atoms with Gasteiger partial charge in [-0.15, -0.1) is 0 Å². The van der Waals surface area contributed by atoms with Crippen molar-refractivity contribution in [1.82, 2.24) is 15.1 Å². The first-order valence-corrected chi connectivity index (χ1v) is 7.02. The Labute approximate surface area is 108 Å². The molecular weight excluding hydrogens is 230 g/mol. The lowest BCUT2D eigenvalue weighted by molar-refractivity contribution is -0.138. The minimum Gasteiger partial charge on any atom is -0.304 e. The first-order chi connectivity index (χ1) is 8.72. The van der Waals surface area contributed by atoms with Crippen LogP contribution in [0.3, 0.4) is 0 Å². The minimum atomic E-state index is -0.286. The van der Waals surface area contributed by atoms with E-state index in [0.717, 1.165) is 19.5 Å². The number of rotatable bonds is 6. The third-order valence-electron chi connectivity index (χ3n) is 3.71. The van der Waals surface area contributed by atoms with Gasteiger partial charge in [-0.3, -0.25) is 14.5 Å². The second kappa shape index (κ2) is 6.29. The normalized spacial score (nSPS) is 25.4. The van der Waals surface area contributed by atoms with E-state index in [1.807, 2.05) is 6.92 Å². The maximum atomic E-state index is 12.0. The molecule has 0 bridgehead atoms. The number of carbonyl (C=O) groups excluding carboxylic acids is 2. The van der Waals surface area contributed by atoms with Gasteiger partial charge in [0.15, 0.2) is 0 Å². The molecule has 2 aliphatic heterocycles. The van der Waals surface area contributed by atoms with Crippen molar-refractivity contribution in [3.8, 4) is 0 Å². The lowest BCUT2D eigenvalue weighted by atomic mass is 10.2. The molecule has 2 rings (SSSR count). The van der Waals surface area contributed by atoms with Crippen LogP contribution in [0, 0.1) is 0 Å². The fourth-order valence-corrected chi connectivity index (χ4v) is 2.70. The van der Waals surface area contributed by atoms with Crippen molar-refractivity contribution >= 4 is 11.8 Å². The average molecular weight is 253 g/mol. The van der Waals surface area contributed by atoms with Crippen molar-refractivity contribution in [3.63, 3.8) is 0 Å². The second-order valence-electron chi connectivity index (χ2n) is 5.14. The summed E-state index contributed by atoms with van der Waals surface area (Å²) in [4.78, 5) is 27.4. The largest absolute Gasteiger partial charge is 0.304 e. The molecule has 0 aromatic heterocycles. The predicted octanol–water partition coefficient (Wildman–Crippen LogP) is 0.209. The van der Waals surface area contributed by atoms with Crippen molar-refractivity contribution in [1.29, 1.82) is 0 Å². The highest BCUT2D eigenvalue weighted by Crippen LogP contribution is 2.13. The molecule has 18 heavy (non-hydrogen) atoms. The first kappa shape index (κ1) is 13.5. The van der Waals surface area contributed by atoms with Gasteiger partial charge in [0.2, 0.25) is 11.8 Å². The van der Waals surface area contributed by atoms with Crippen molar-refractivity contribution in [2.24, 2.45) is 0 Å². The van der Waals surface area contributed by atoms with Gasteiger partial charge in [0.05, 0.1) is 12.5 Å². The van der Waals surface area contributed by atoms with Crippen LogP contribution in [0.15, 0.2) is 0 Å². The Balaban J connectivity index is 1.73. The van der Waals surface area contributed by atoms with Crippen molar-refractivity contribution < 1.29 is 9.59 Å². The van der Waals surface area contributed by atoms with Gasteiger partial charge in [0.1, 0.15) is 0 Å². The highest BCUT2D eigenvalue weighted by atomic mass is 16.2. The summed E-state index contributed by atoms with van der Waals surface area (Å²) in [6.07, 6.45) is 3.73. The first-order valence-electron chi connectivity index (χ1n) is 7.02. The summed E-state index contributed by atoms with van der Waals surface area (Å²) in [5.74, 6) is -0.0659. The van der Waals surface area contributed by atoms with E-state index in [-0.39, 0.29) is 17.9 Å². The van der Waals surface area contributed by atoms with Crippen molar-refractivity contribution in [3.05, 3.63) is 0 Å². The smallest absolute Gasteiger partial charge is 0.246 e. The van der Waals surface area contributed by atoms with E-state index in [4.69, 9.17) is 0 Å². The predicted molar refractivity (Wildman–Crippen MR) is 69.1 cm³/mol. The molecule has 2 heterocycles. The summed E-state index contributed by atoms with van der Waals surface area (Å²) < 4.78 is 0. The summed E-state index contributed by atoms with van der Waals surface area (Å²) in [7, 11) is 0. The number of carbonyl (C=O) groups is 2. The van der Waals surface area contributed by atoms with E-state index < -0.39 is 0 Å². The molecule has 0 aromatic rings. The molecule has 0 spiro atoms. The SMILES string of the molecule is CCCN1C(=O)CC(NCCN2CCCC2)C1=O. The third kappa shape index (κ3) is 3.09. The van der Waals surface area contributed by atoms with E-state index in [1.165, 1.54) is 30.8 Å². The Kier molecular flexibility index (Phi) is 4.72. The zero-order chi connectivity index (χ0) is 13.0. The highest BCUT2D eigenvalue weighted by Gasteiger charge is 2.37. The molecular formula is C13H23N3O2. The van der Waals surface area contributed by atoms with Gasteiger partial charge in [-0.2, -0.15) is 0 Å². The average Bonchev–Trinajstić information content (AvgIpc) is 2.94. The summed E-state index contributed by atoms with van der Waals surface area (Å²) in [5, 5.41) is 3.22. The summed E-state index contributed by atoms with van der Waals surface area (Å²) >= 11 is 0. The Hall–Kier alpha value is -0.940.